The first-order valence-corrected chi connectivity index (χ1v) is 19.0. The predicted octanol–water partition coefficient (Wildman–Crippen LogP) is 7.96. The van der Waals surface area contributed by atoms with Gasteiger partial charge in [0.1, 0.15) is 11.9 Å². The Morgan fingerprint density at radius 3 is 2.00 bits per heavy atom. The van der Waals surface area contributed by atoms with Crippen LogP contribution in [0.4, 0.5) is 10.1 Å². The monoisotopic (exact) mass is 747 g/mol. The summed E-state index contributed by atoms with van der Waals surface area (Å²) < 4.78 is 48.3. The van der Waals surface area contributed by atoms with Gasteiger partial charge in [-0.05, 0) is 106 Å². The van der Waals surface area contributed by atoms with E-state index in [1.807, 2.05) is 81.1 Å². The van der Waals surface area contributed by atoms with Gasteiger partial charge in [0.2, 0.25) is 5.91 Å². The number of β-lactam (4-membered cyclic amide) rings is 1. The van der Waals surface area contributed by atoms with Crippen LogP contribution in [0.1, 0.15) is 102 Å². The van der Waals surface area contributed by atoms with Crippen molar-refractivity contribution in [1.82, 2.24) is 0 Å². The third-order valence-electron chi connectivity index (χ3n) is 10.0. The molecule has 2 fully saturated rings. The normalized spacial score (nSPS) is 19.6. The van der Waals surface area contributed by atoms with Crippen LogP contribution in [0.5, 0.6) is 0 Å². The molecule has 3 aromatic carbocycles. The van der Waals surface area contributed by atoms with Crippen molar-refractivity contribution in [3.63, 3.8) is 0 Å². The van der Waals surface area contributed by atoms with E-state index in [2.05, 4.69) is 0 Å². The van der Waals surface area contributed by atoms with E-state index in [1.165, 1.54) is 26.0 Å². The van der Waals surface area contributed by atoms with Gasteiger partial charge in [0.05, 0.1) is 25.2 Å². The molecule has 0 spiro atoms. The molecule has 0 radical (unpaired) electrons. The summed E-state index contributed by atoms with van der Waals surface area (Å²) in [5.74, 6) is -2.36. The van der Waals surface area contributed by atoms with Crippen LogP contribution in [0.2, 0.25) is 0 Å². The van der Waals surface area contributed by atoms with Crippen molar-refractivity contribution in [2.75, 3.05) is 31.3 Å². The van der Waals surface area contributed by atoms with E-state index in [0.29, 0.717) is 44.5 Å². The van der Waals surface area contributed by atoms with Crippen LogP contribution >= 0.6 is 0 Å². The van der Waals surface area contributed by atoms with E-state index in [1.54, 1.807) is 12.1 Å². The molecule has 0 N–H and O–H groups in total. The number of ether oxygens (including phenoxy) is 6. The highest BCUT2D eigenvalue weighted by Gasteiger charge is 2.49. The third kappa shape index (κ3) is 10.7. The number of anilines is 1. The van der Waals surface area contributed by atoms with E-state index in [9.17, 15) is 18.8 Å². The maximum absolute atomic E-state index is 14.0. The highest BCUT2D eigenvalue weighted by Crippen LogP contribution is 2.47. The predicted molar refractivity (Wildman–Crippen MR) is 201 cm³/mol. The lowest BCUT2D eigenvalue weighted by Crippen LogP contribution is -2.55. The molecule has 1 amide bonds. The Labute approximate surface area is 318 Å². The summed E-state index contributed by atoms with van der Waals surface area (Å²) in [5, 5.41) is 0. The van der Waals surface area contributed by atoms with Crippen molar-refractivity contribution in [3.8, 4) is 0 Å². The van der Waals surface area contributed by atoms with Crippen molar-refractivity contribution in [1.29, 1.82) is 0 Å². The van der Waals surface area contributed by atoms with Gasteiger partial charge in [0.25, 0.3) is 0 Å². The number of nitrogens with zero attached hydrogens (tertiary/aromatic N) is 1. The number of carbonyl (C=O) groups is 3. The van der Waals surface area contributed by atoms with Gasteiger partial charge in [0, 0.05) is 39.2 Å². The van der Waals surface area contributed by atoms with Crippen molar-refractivity contribution in [3.05, 3.63) is 101 Å². The standard InChI is InChI=1S/C43H54FNO9/c1-7-49-39(50-8-2)24-13-31-11-20-36(21-12-31)45-40(37(41(45)48)22-23-38(53-29(3)46)33-16-18-35(44)19-17-33)34-14-9-32(10-15-34)25-26-43(54-30(4)47)27-51-42(5,6)52-28-43/h9-12,14-21,37-40H,7-8,13,22-28H2,1-6H3/t37-,38-,40-/m1/s1. The Hall–Kier alpha value is -4.16. The summed E-state index contributed by atoms with van der Waals surface area (Å²) in [6, 6.07) is 21.8. The number of hydrogen-bond acceptors (Lipinski definition) is 9. The van der Waals surface area contributed by atoms with Crippen LogP contribution in [-0.2, 0) is 55.6 Å². The Bertz CT molecular complexity index is 1680. The maximum atomic E-state index is 14.0. The van der Waals surface area contributed by atoms with Crippen LogP contribution in [0.25, 0.3) is 0 Å². The fourth-order valence-electron chi connectivity index (χ4n) is 7.20. The number of halogens is 1. The lowest BCUT2D eigenvalue weighted by Gasteiger charge is -2.48. The van der Waals surface area contributed by atoms with Crippen molar-refractivity contribution in [2.45, 2.75) is 110 Å². The van der Waals surface area contributed by atoms with Gasteiger partial charge in [-0.3, -0.25) is 14.4 Å². The van der Waals surface area contributed by atoms with Gasteiger partial charge in [-0.2, -0.15) is 0 Å². The second-order valence-corrected chi connectivity index (χ2v) is 14.5. The van der Waals surface area contributed by atoms with E-state index < -0.39 is 23.5 Å². The Balaban J connectivity index is 1.34. The summed E-state index contributed by atoms with van der Waals surface area (Å²) in [6.07, 6.45) is 2.58. The Morgan fingerprint density at radius 2 is 1.43 bits per heavy atom. The van der Waals surface area contributed by atoms with Crippen LogP contribution in [-0.4, -0.2) is 62.0 Å². The molecule has 2 saturated heterocycles. The molecule has 0 aromatic heterocycles. The van der Waals surface area contributed by atoms with Gasteiger partial charge < -0.3 is 33.3 Å². The fraction of sp³-hybridized carbons (Fsp3) is 0.512. The number of rotatable bonds is 18. The van der Waals surface area contributed by atoms with Gasteiger partial charge in [0.15, 0.2) is 17.7 Å². The van der Waals surface area contributed by atoms with Gasteiger partial charge in [-0.1, -0.05) is 48.5 Å². The molecule has 0 bridgehead atoms. The Morgan fingerprint density at radius 1 is 0.833 bits per heavy atom. The zero-order valence-corrected chi connectivity index (χ0v) is 32.3. The highest BCUT2D eigenvalue weighted by molar-refractivity contribution is 6.03. The van der Waals surface area contributed by atoms with Crippen molar-refractivity contribution in [2.24, 2.45) is 5.92 Å². The number of aryl methyl sites for hydroxylation is 2. The molecule has 5 rings (SSSR count). The number of carbonyl (C=O) groups excluding carboxylic acids is 3. The van der Waals surface area contributed by atoms with Crippen LogP contribution in [0.15, 0.2) is 72.8 Å². The molecule has 2 heterocycles. The molecule has 10 nitrogen and oxygen atoms in total. The molecule has 2 aliphatic rings. The first-order chi connectivity index (χ1) is 25.8. The fourth-order valence-corrected chi connectivity index (χ4v) is 7.20. The molecule has 3 aromatic rings. The lowest BCUT2D eigenvalue weighted by atomic mass is 9.78. The molecule has 3 atom stereocenters. The zero-order valence-electron chi connectivity index (χ0n) is 32.3. The molecule has 292 valence electrons. The minimum Gasteiger partial charge on any atom is -0.458 e. The van der Waals surface area contributed by atoms with E-state index >= 15 is 0 Å². The summed E-state index contributed by atoms with van der Waals surface area (Å²) in [7, 11) is 0. The number of esters is 2. The van der Waals surface area contributed by atoms with E-state index in [-0.39, 0.29) is 49.2 Å². The SMILES string of the molecule is CCOC(CCc1ccc(N2C(=O)[C@H](CC[C@@H](OC(C)=O)c3ccc(F)cc3)[C@H]2c2ccc(CCC3(OC(C)=O)COC(C)(C)OC3)cc2)cc1)OCC. The molecule has 54 heavy (non-hydrogen) atoms. The number of benzene rings is 3. The smallest absolute Gasteiger partial charge is 0.303 e. The van der Waals surface area contributed by atoms with Gasteiger partial charge in [-0.25, -0.2) is 4.39 Å². The molecule has 0 saturated carbocycles. The molecule has 0 unspecified atom stereocenters. The summed E-state index contributed by atoms with van der Waals surface area (Å²) in [4.78, 5) is 39.9. The van der Waals surface area contributed by atoms with Crippen LogP contribution in [0.3, 0.4) is 0 Å². The largest absolute Gasteiger partial charge is 0.458 e. The summed E-state index contributed by atoms with van der Waals surface area (Å²) in [6.45, 7) is 11.9. The van der Waals surface area contributed by atoms with Crippen molar-refractivity contribution >= 4 is 23.5 Å². The zero-order chi connectivity index (χ0) is 38.9. The topological polar surface area (TPSA) is 110 Å². The second-order valence-electron chi connectivity index (χ2n) is 14.5. The summed E-state index contributed by atoms with van der Waals surface area (Å²) in [5.41, 5.74) is 3.70. The first-order valence-electron chi connectivity index (χ1n) is 19.0. The number of hydrogen-bond donors (Lipinski definition) is 0. The number of amides is 1. The first kappa shape index (κ1) is 41.0. The molecular weight excluding hydrogens is 693 g/mol. The quantitative estimate of drug-likeness (QED) is 0.0727. The van der Waals surface area contributed by atoms with E-state index in [4.69, 9.17) is 28.4 Å². The van der Waals surface area contributed by atoms with Gasteiger partial charge >= 0.3 is 11.9 Å². The third-order valence-corrected chi connectivity index (χ3v) is 10.0. The molecular formula is C43H54FNO9. The minimum absolute atomic E-state index is 0.0196. The minimum atomic E-state index is -0.884. The molecule has 0 aliphatic carbocycles. The average molecular weight is 748 g/mol. The average Bonchev–Trinajstić information content (AvgIpc) is 3.14. The van der Waals surface area contributed by atoms with Gasteiger partial charge in [-0.15, -0.1) is 0 Å². The van der Waals surface area contributed by atoms with Crippen LogP contribution < -0.4 is 4.90 Å². The second kappa shape index (κ2) is 18.4. The highest BCUT2D eigenvalue weighted by atomic mass is 19.1. The van der Waals surface area contributed by atoms with E-state index in [0.717, 1.165) is 35.2 Å². The van der Waals surface area contributed by atoms with Crippen molar-refractivity contribution < 1.29 is 47.2 Å². The summed E-state index contributed by atoms with van der Waals surface area (Å²) >= 11 is 0. The van der Waals surface area contributed by atoms with Crippen LogP contribution in [0, 0.1) is 11.7 Å². The lowest BCUT2D eigenvalue weighted by molar-refractivity contribution is -0.305. The maximum Gasteiger partial charge on any atom is 0.303 e. The molecule has 2 aliphatic heterocycles. The Kier molecular flexibility index (Phi) is 14.0. The molecule has 11 heteroatoms.